The van der Waals surface area contributed by atoms with Crippen molar-refractivity contribution in [3.8, 4) is 0 Å². The zero-order chi connectivity index (χ0) is 22.3. The van der Waals surface area contributed by atoms with Crippen LogP contribution in [0.5, 0.6) is 0 Å². The van der Waals surface area contributed by atoms with E-state index in [0.29, 0.717) is 5.56 Å². The number of alkyl halides is 3. The second-order valence-corrected chi connectivity index (χ2v) is 8.99. The third kappa shape index (κ3) is 4.76. The molecule has 2 N–H and O–H groups in total. The first-order chi connectivity index (χ1) is 13.9. The molecule has 1 heterocycles. The fourth-order valence-corrected chi connectivity index (χ4v) is 3.98. The van der Waals surface area contributed by atoms with Crippen molar-refractivity contribution in [2.75, 3.05) is 11.6 Å². The molecule has 5 nitrogen and oxygen atoms in total. The van der Waals surface area contributed by atoms with Gasteiger partial charge in [-0.15, -0.1) is 0 Å². The Hall–Kier alpha value is -2.59. The lowest BCUT2D eigenvalue weighted by Gasteiger charge is -2.20. The van der Waals surface area contributed by atoms with E-state index in [9.17, 15) is 26.0 Å². The Balaban J connectivity index is 2.11. The molecule has 0 fully saturated rings. The number of H-pyrrole nitrogens is 1. The summed E-state index contributed by atoms with van der Waals surface area (Å²) in [7, 11) is -3.65. The second-order valence-electron chi connectivity index (χ2n) is 6.65. The van der Waals surface area contributed by atoms with Crippen molar-refractivity contribution in [2.24, 2.45) is 0 Å². The van der Waals surface area contributed by atoms with Crippen molar-refractivity contribution in [3.05, 3.63) is 75.9 Å². The lowest BCUT2D eigenvalue weighted by Crippen LogP contribution is -2.15. The van der Waals surface area contributed by atoms with Gasteiger partial charge in [-0.1, -0.05) is 23.7 Å². The van der Waals surface area contributed by atoms with E-state index in [1.807, 2.05) is 0 Å². The molecule has 1 unspecified atom stereocenters. The molecule has 3 aromatic rings. The van der Waals surface area contributed by atoms with E-state index in [0.717, 1.165) is 24.5 Å². The van der Waals surface area contributed by atoms with Gasteiger partial charge in [-0.2, -0.15) is 13.2 Å². The first-order valence-corrected chi connectivity index (χ1v) is 10.8. The van der Waals surface area contributed by atoms with Crippen LogP contribution in [0.15, 0.2) is 47.5 Å². The van der Waals surface area contributed by atoms with Gasteiger partial charge in [0, 0.05) is 11.9 Å². The van der Waals surface area contributed by atoms with Gasteiger partial charge < -0.3 is 10.3 Å². The Bertz CT molecular complexity index is 1190. The number of rotatable bonds is 5. The van der Waals surface area contributed by atoms with Gasteiger partial charge in [0.15, 0.2) is 14.9 Å². The third-order valence-corrected chi connectivity index (χ3v) is 5.65. The van der Waals surface area contributed by atoms with Crippen molar-refractivity contribution in [2.45, 2.75) is 24.2 Å². The molecule has 160 valence electrons. The number of nitrogens with one attached hydrogen (secondary N) is 2. The lowest BCUT2D eigenvalue weighted by atomic mass is 10.1. The van der Waals surface area contributed by atoms with E-state index in [1.165, 1.54) is 31.2 Å². The van der Waals surface area contributed by atoms with Crippen LogP contribution in [0.25, 0.3) is 0 Å². The van der Waals surface area contributed by atoms with Crippen molar-refractivity contribution in [1.82, 2.24) is 9.97 Å². The van der Waals surface area contributed by atoms with Crippen LogP contribution in [0.3, 0.4) is 0 Å². The first-order valence-electron chi connectivity index (χ1n) is 8.51. The molecular formula is C19H16ClF4N3O2S. The first kappa shape index (κ1) is 22.1. The topological polar surface area (TPSA) is 74.8 Å². The largest absolute Gasteiger partial charge is 0.416 e. The lowest BCUT2D eigenvalue weighted by molar-refractivity contribution is -0.137. The fraction of sp³-hybridized carbons (Fsp3) is 0.211. The van der Waals surface area contributed by atoms with Gasteiger partial charge in [-0.25, -0.2) is 17.8 Å². The van der Waals surface area contributed by atoms with Gasteiger partial charge in [-0.3, -0.25) is 0 Å². The van der Waals surface area contributed by atoms with Crippen LogP contribution in [0.4, 0.5) is 23.2 Å². The van der Waals surface area contributed by atoms with Gasteiger partial charge in [0.2, 0.25) is 0 Å². The molecule has 0 radical (unpaired) electrons. The Morgan fingerprint density at radius 3 is 2.43 bits per heavy atom. The maximum atomic E-state index is 13.6. The van der Waals surface area contributed by atoms with Crippen LogP contribution < -0.4 is 5.32 Å². The Kier molecular flexibility index (Phi) is 5.83. The van der Waals surface area contributed by atoms with Gasteiger partial charge >= 0.3 is 6.18 Å². The molecule has 11 heteroatoms. The normalized spacial score (nSPS) is 13.3. The van der Waals surface area contributed by atoms with Crippen LogP contribution in [0.2, 0.25) is 5.02 Å². The number of halogens is 5. The van der Waals surface area contributed by atoms with Crippen molar-refractivity contribution in [3.63, 3.8) is 0 Å². The molecule has 3 rings (SSSR count). The van der Waals surface area contributed by atoms with Crippen LogP contribution in [-0.2, 0) is 16.0 Å². The highest BCUT2D eigenvalue weighted by atomic mass is 35.5. The maximum absolute atomic E-state index is 13.6. The number of aromatic nitrogens is 2. The van der Waals surface area contributed by atoms with Crippen molar-refractivity contribution >= 4 is 27.1 Å². The summed E-state index contributed by atoms with van der Waals surface area (Å²) >= 11 is 5.86. The molecule has 30 heavy (non-hydrogen) atoms. The molecule has 1 atom stereocenters. The molecule has 1 aromatic heterocycles. The molecule has 0 aliphatic heterocycles. The number of benzene rings is 2. The van der Waals surface area contributed by atoms with E-state index >= 15 is 0 Å². The zero-order valence-electron chi connectivity index (χ0n) is 15.7. The minimum absolute atomic E-state index is 0.102. The molecule has 0 saturated heterocycles. The summed E-state index contributed by atoms with van der Waals surface area (Å²) in [5.74, 6) is -0.557. The number of hydrogen-bond donors (Lipinski definition) is 2. The number of sulfone groups is 1. The van der Waals surface area contributed by atoms with E-state index in [-0.39, 0.29) is 27.3 Å². The smallest absolute Gasteiger partial charge is 0.372 e. The maximum Gasteiger partial charge on any atom is 0.416 e. The fourth-order valence-electron chi connectivity index (χ4n) is 2.92. The average Bonchev–Trinajstić information content (AvgIpc) is 3.03. The summed E-state index contributed by atoms with van der Waals surface area (Å²) in [6.45, 7) is 1.51. The highest BCUT2D eigenvalue weighted by Crippen LogP contribution is 2.33. The number of imidazole rings is 1. The van der Waals surface area contributed by atoms with Gasteiger partial charge in [0.05, 0.1) is 16.3 Å². The highest BCUT2D eigenvalue weighted by molar-refractivity contribution is 7.90. The number of anilines is 1. The summed E-state index contributed by atoms with van der Waals surface area (Å²) in [5.41, 5.74) is -0.134. The Morgan fingerprint density at radius 2 is 1.87 bits per heavy atom. The highest BCUT2D eigenvalue weighted by Gasteiger charge is 2.31. The van der Waals surface area contributed by atoms with E-state index in [2.05, 4.69) is 15.3 Å². The minimum atomic E-state index is -4.54. The summed E-state index contributed by atoms with van der Waals surface area (Å²) in [6.07, 6.45) is -3.55. The monoisotopic (exact) mass is 461 g/mol. The number of aromatic amines is 1. The number of hydrogen-bond acceptors (Lipinski definition) is 4. The van der Waals surface area contributed by atoms with Gasteiger partial charge in [0.1, 0.15) is 17.7 Å². The minimum Gasteiger partial charge on any atom is -0.372 e. The molecule has 0 bridgehead atoms. The quantitative estimate of drug-likeness (QED) is 0.516. The van der Waals surface area contributed by atoms with E-state index in [4.69, 9.17) is 11.6 Å². The van der Waals surface area contributed by atoms with Crippen LogP contribution in [-0.4, -0.2) is 24.6 Å². The van der Waals surface area contributed by atoms with Crippen molar-refractivity contribution < 1.29 is 26.0 Å². The van der Waals surface area contributed by atoms with Crippen LogP contribution >= 0.6 is 11.6 Å². The second kappa shape index (κ2) is 7.92. The molecule has 0 aliphatic rings. The molecule has 0 aliphatic carbocycles. The van der Waals surface area contributed by atoms with E-state index < -0.39 is 33.4 Å². The third-order valence-electron chi connectivity index (χ3n) is 4.26. The molecule has 0 amide bonds. The Morgan fingerprint density at radius 1 is 1.17 bits per heavy atom. The van der Waals surface area contributed by atoms with E-state index in [1.54, 1.807) is 0 Å². The van der Waals surface area contributed by atoms with Crippen LogP contribution in [0.1, 0.15) is 28.7 Å². The van der Waals surface area contributed by atoms with Crippen LogP contribution in [0, 0.1) is 12.7 Å². The number of nitrogens with zero attached hydrogens (tertiary/aromatic N) is 1. The van der Waals surface area contributed by atoms with Gasteiger partial charge in [-0.05, 0) is 42.8 Å². The number of aryl methyl sites for hydroxylation is 1. The summed E-state index contributed by atoms with van der Waals surface area (Å²) in [5, 5.41) is 2.50. The average molecular weight is 462 g/mol. The standard InChI is InChI=1S/C19H16ClF4N3O2S/c1-10-18(30(2,28)29)27-17(25-10)16(11-6-7-15(21)14(20)8-11)26-13-5-3-4-12(9-13)19(22,23)24/h3-9,16,26H,1-2H3,(H,25,27). The molecular weight excluding hydrogens is 446 g/mol. The molecule has 0 saturated carbocycles. The zero-order valence-corrected chi connectivity index (χ0v) is 17.3. The van der Waals surface area contributed by atoms with Crippen molar-refractivity contribution in [1.29, 1.82) is 0 Å². The summed E-state index contributed by atoms with van der Waals surface area (Å²) in [6, 6.07) is 7.33. The molecule has 0 spiro atoms. The predicted molar refractivity (Wildman–Crippen MR) is 105 cm³/mol. The SMILES string of the molecule is Cc1[nH]c(C(Nc2cccc(C(F)(F)F)c2)c2ccc(F)c(Cl)c2)nc1S(C)(=O)=O. The summed E-state index contributed by atoms with van der Waals surface area (Å²) < 4.78 is 76.7. The predicted octanol–water partition coefficient (Wildman–Crippen LogP) is 5.13. The van der Waals surface area contributed by atoms with Gasteiger partial charge in [0.25, 0.3) is 0 Å². The molecule has 2 aromatic carbocycles. The summed E-state index contributed by atoms with van der Waals surface area (Å²) in [4.78, 5) is 6.95. The Labute approximate surface area is 175 Å².